The number of aliphatic hydroxyl groups excluding tert-OH is 1. The lowest BCUT2D eigenvalue weighted by molar-refractivity contribution is 0.0916. The molecule has 112 valence electrons. The van der Waals surface area contributed by atoms with Gasteiger partial charge in [0, 0.05) is 22.9 Å². The van der Waals surface area contributed by atoms with E-state index in [4.69, 9.17) is 5.11 Å². The average molecular weight is 295 g/mol. The average Bonchev–Trinajstić information content (AvgIpc) is 2.80. The topological polar surface area (TPSA) is 49.3 Å². The fraction of sp³-hybridized carbons (Fsp3) is 0.688. The lowest BCUT2D eigenvalue weighted by Gasteiger charge is -2.23. The molecule has 0 fully saturated rings. The van der Waals surface area contributed by atoms with E-state index in [1.807, 2.05) is 5.38 Å². The molecule has 1 heterocycles. The molecule has 2 N–H and O–H groups in total. The third kappa shape index (κ3) is 3.41. The Bertz CT molecular complexity index is 467. The van der Waals surface area contributed by atoms with Crippen LogP contribution in [0, 0.1) is 11.8 Å². The number of hydrogen-bond acceptors (Lipinski definition) is 3. The van der Waals surface area contributed by atoms with Gasteiger partial charge in [-0.15, -0.1) is 11.3 Å². The summed E-state index contributed by atoms with van der Waals surface area (Å²) in [6.07, 6.45) is 3.92. The van der Waals surface area contributed by atoms with Gasteiger partial charge in [0.05, 0.1) is 5.56 Å². The number of nitrogens with one attached hydrogen (secondary N) is 1. The van der Waals surface area contributed by atoms with E-state index in [0.29, 0.717) is 12.3 Å². The zero-order chi connectivity index (χ0) is 14.7. The first-order valence-electron chi connectivity index (χ1n) is 7.53. The molecule has 0 radical (unpaired) electrons. The molecule has 1 aliphatic carbocycles. The molecule has 0 saturated carbocycles. The fourth-order valence-corrected chi connectivity index (χ4v) is 4.07. The number of carbonyl (C=O) groups is 1. The lowest BCUT2D eigenvalue weighted by Crippen LogP contribution is -2.39. The van der Waals surface area contributed by atoms with Crippen LogP contribution in [0.3, 0.4) is 0 Å². The van der Waals surface area contributed by atoms with Crippen LogP contribution in [0.4, 0.5) is 0 Å². The second-order valence-corrected chi connectivity index (χ2v) is 7.20. The van der Waals surface area contributed by atoms with Gasteiger partial charge in [-0.25, -0.2) is 0 Å². The summed E-state index contributed by atoms with van der Waals surface area (Å²) in [7, 11) is 0. The maximum absolute atomic E-state index is 12.5. The lowest BCUT2D eigenvalue weighted by atomic mass is 9.88. The van der Waals surface area contributed by atoms with Gasteiger partial charge in [0.2, 0.25) is 0 Å². The van der Waals surface area contributed by atoms with Crippen molar-refractivity contribution in [3.8, 4) is 0 Å². The number of fused-ring (bicyclic) bond motifs is 1. The van der Waals surface area contributed by atoms with Crippen molar-refractivity contribution < 1.29 is 9.90 Å². The number of amides is 1. The van der Waals surface area contributed by atoms with Crippen molar-refractivity contribution in [2.45, 2.75) is 52.5 Å². The molecular weight excluding hydrogens is 270 g/mol. The molecule has 2 unspecified atom stereocenters. The van der Waals surface area contributed by atoms with E-state index in [2.05, 4.69) is 26.1 Å². The molecule has 0 aromatic carbocycles. The molecule has 0 aliphatic heterocycles. The van der Waals surface area contributed by atoms with Crippen molar-refractivity contribution in [1.82, 2.24) is 5.32 Å². The predicted octanol–water partition coefficient (Wildman–Crippen LogP) is 3.01. The second-order valence-electron chi connectivity index (χ2n) is 6.24. The van der Waals surface area contributed by atoms with Gasteiger partial charge in [-0.2, -0.15) is 0 Å². The van der Waals surface area contributed by atoms with E-state index in [1.54, 1.807) is 11.3 Å². The fourth-order valence-electron chi connectivity index (χ4n) is 2.83. The van der Waals surface area contributed by atoms with Crippen molar-refractivity contribution in [3.05, 3.63) is 21.4 Å². The Balaban J connectivity index is 2.10. The van der Waals surface area contributed by atoms with Gasteiger partial charge in [0.15, 0.2) is 0 Å². The number of rotatable bonds is 5. The highest BCUT2D eigenvalue weighted by Gasteiger charge is 2.24. The number of thiophene rings is 1. The van der Waals surface area contributed by atoms with Crippen LogP contribution in [0.15, 0.2) is 5.38 Å². The first-order chi connectivity index (χ1) is 9.52. The summed E-state index contributed by atoms with van der Waals surface area (Å²) in [6, 6.07) is 0.0468. The summed E-state index contributed by atoms with van der Waals surface area (Å²) in [5, 5.41) is 14.2. The molecule has 2 atom stereocenters. The van der Waals surface area contributed by atoms with Crippen molar-refractivity contribution >= 4 is 17.2 Å². The molecule has 1 aromatic rings. The van der Waals surface area contributed by atoms with Gasteiger partial charge >= 0.3 is 0 Å². The highest BCUT2D eigenvalue weighted by Crippen LogP contribution is 2.32. The quantitative estimate of drug-likeness (QED) is 0.877. The summed E-state index contributed by atoms with van der Waals surface area (Å²) in [4.78, 5) is 13.8. The van der Waals surface area contributed by atoms with Crippen LogP contribution in [0.5, 0.6) is 0 Å². The Kier molecular flexibility index (Phi) is 5.22. The Labute approximate surface area is 125 Å². The van der Waals surface area contributed by atoms with Crippen LogP contribution in [0.25, 0.3) is 0 Å². The SMILES string of the molecule is CC1CCc2c(C(=O)NC(CCO)C(C)C)csc2C1. The highest BCUT2D eigenvalue weighted by atomic mass is 32.1. The van der Waals surface area contributed by atoms with Crippen LogP contribution >= 0.6 is 11.3 Å². The first-order valence-corrected chi connectivity index (χ1v) is 8.41. The Hall–Kier alpha value is -0.870. The molecular formula is C16H25NO2S. The standard InChI is InChI=1S/C16H25NO2S/c1-10(2)14(6-7-18)17-16(19)13-9-20-15-8-11(3)4-5-12(13)15/h9-11,14,18H,4-8H2,1-3H3,(H,17,19). The maximum Gasteiger partial charge on any atom is 0.252 e. The van der Waals surface area contributed by atoms with Crippen molar-refractivity contribution in [2.75, 3.05) is 6.61 Å². The van der Waals surface area contributed by atoms with Gasteiger partial charge in [-0.3, -0.25) is 4.79 Å². The normalized spacial score (nSPS) is 19.8. The zero-order valence-electron chi connectivity index (χ0n) is 12.6. The number of hydrogen-bond donors (Lipinski definition) is 2. The monoisotopic (exact) mass is 295 g/mol. The maximum atomic E-state index is 12.5. The molecule has 1 aromatic heterocycles. The summed E-state index contributed by atoms with van der Waals surface area (Å²) < 4.78 is 0. The minimum absolute atomic E-state index is 0.0317. The van der Waals surface area contributed by atoms with Gasteiger partial charge in [-0.05, 0) is 43.1 Å². The minimum Gasteiger partial charge on any atom is -0.396 e. The third-order valence-electron chi connectivity index (χ3n) is 4.21. The molecule has 0 bridgehead atoms. The van der Waals surface area contributed by atoms with E-state index >= 15 is 0 Å². The molecule has 1 aliphatic rings. The molecule has 20 heavy (non-hydrogen) atoms. The van der Waals surface area contributed by atoms with Crippen LogP contribution < -0.4 is 5.32 Å². The second kappa shape index (κ2) is 6.72. The summed E-state index contributed by atoms with van der Waals surface area (Å²) >= 11 is 1.72. The van der Waals surface area contributed by atoms with Gasteiger partial charge in [0.1, 0.15) is 0 Å². The molecule has 0 saturated heterocycles. The van der Waals surface area contributed by atoms with Crippen LogP contribution in [-0.2, 0) is 12.8 Å². The first kappa shape index (κ1) is 15.5. The van der Waals surface area contributed by atoms with Gasteiger partial charge in [0.25, 0.3) is 5.91 Å². The Morgan fingerprint density at radius 2 is 2.30 bits per heavy atom. The molecule has 2 rings (SSSR count). The van der Waals surface area contributed by atoms with E-state index < -0.39 is 0 Å². The van der Waals surface area contributed by atoms with E-state index in [-0.39, 0.29) is 18.6 Å². The third-order valence-corrected chi connectivity index (χ3v) is 5.26. The minimum atomic E-state index is 0.0317. The molecule has 0 spiro atoms. The zero-order valence-corrected chi connectivity index (χ0v) is 13.4. The van der Waals surface area contributed by atoms with Crippen LogP contribution in [0.1, 0.15) is 54.4 Å². The van der Waals surface area contributed by atoms with Crippen molar-refractivity contribution in [3.63, 3.8) is 0 Å². The summed E-state index contributed by atoms with van der Waals surface area (Å²) in [6.45, 7) is 6.54. The largest absolute Gasteiger partial charge is 0.396 e. The predicted molar refractivity (Wildman–Crippen MR) is 83.3 cm³/mol. The Morgan fingerprint density at radius 3 is 2.95 bits per heavy atom. The van der Waals surface area contributed by atoms with Crippen molar-refractivity contribution in [2.24, 2.45) is 11.8 Å². The van der Waals surface area contributed by atoms with Crippen LogP contribution in [0.2, 0.25) is 0 Å². The molecule has 3 nitrogen and oxygen atoms in total. The van der Waals surface area contributed by atoms with E-state index in [1.165, 1.54) is 16.9 Å². The number of carbonyl (C=O) groups excluding carboxylic acids is 1. The van der Waals surface area contributed by atoms with E-state index in [9.17, 15) is 4.79 Å². The smallest absolute Gasteiger partial charge is 0.252 e. The number of aliphatic hydroxyl groups is 1. The van der Waals surface area contributed by atoms with Gasteiger partial charge in [-0.1, -0.05) is 20.8 Å². The van der Waals surface area contributed by atoms with Gasteiger partial charge < -0.3 is 10.4 Å². The highest BCUT2D eigenvalue weighted by molar-refractivity contribution is 7.10. The Morgan fingerprint density at radius 1 is 1.55 bits per heavy atom. The summed E-state index contributed by atoms with van der Waals surface area (Å²) in [5.74, 6) is 1.10. The van der Waals surface area contributed by atoms with Crippen molar-refractivity contribution in [1.29, 1.82) is 0 Å². The van der Waals surface area contributed by atoms with Crippen LogP contribution in [-0.4, -0.2) is 23.7 Å². The molecule has 4 heteroatoms. The van der Waals surface area contributed by atoms with E-state index in [0.717, 1.165) is 24.3 Å². The summed E-state index contributed by atoms with van der Waals surface area (Å²) in [5.41, 5.74) is 2.12. The molecule has 1 amide bonds.